The lowest BCUT2D eigenvalue weighted by Gasteiger charge is -2.06. The zero-order chi connectivity index (χ0) is 12.9. The fourth-order valence-corrected chi connectivity index (χ4v) is 1.83. The van der Waals surface area contributed by atoms with Gasteiger partial charge in [-0.1, -0.05) is 12.1 Å². The van der Waals surface area contributed by atoms with Gasteiger partial charge in [-0.3, -0.25) is 0 Å². The number of aromatic nitrogens is 3. The van der Waals surface area contributed by atoms with E-state index in [4.69, 9.17) is 4.42 Å². The maximum absolute atomic E-state index is 5.03. The summed E-state index contributed by atoms with van der Waals surface area (Å²) in [6.07, 6.45) is 6.68. The topological polar surface area (TPSA) is 55.9 Å². The van der Waals surface area contributed by atoms with E-state index in [0.717, 1.165) is 24.3 Å². The molecule has 0 amide bonds. The summed E-state index contributed by atoms with van der Waals surface area (Å²) < 4.78 is 6.82. The van der Waals surface area contributed by atoms with Gasteiger partial charge in [0.2, 0.25) is 0 Å². The molecule has 0 atom stereocenters. The minimum Gasteiger partial charge on any atom is -0.472 e. The van der Waals surface area contributed by atoms with Crippen LogP contribution in [0, 0.1) is 0 Å². The number of nitrogens with one attached hydrogen (secondary N) is 1. The summed E-state index contributed by atoms with van der Waals surface area (Å²) in [7, 11) is 0. The molecular formula is C14H14N4O. The Morgan fingerprint density at radius 1 is 1.11 bits per heavy atom. The van der Waals surface area contributed by atoms with Crippen LogP contribution in [0.2, 0.25) is 0 Å². The van der Waals surface area contributed by atoms with Crippen molar-refractivity contribution in [1.29, 1.82) is 0 Å². The van der Waals surface area contributed by atoms with Gasteiger partial charge in [-0.05, 0) is 23.8 Å². The van der Waals surface area contributed by atoms with Crippen LogP contribution in [0.15, 0.2) is 59.9 Å². The monoisotopic (exact) mass is 254 g/mol. The van der Waals surface area contributed by atoms with Gasteiger partial charge in [0.25, 0.3) is 0 Å². The van der Waals surface area contributed by atoms with Crippen LogP contribution in [0.5, 0.6) is 0 Å². The third-order valence-corrected chi connectivity index (χ3v) is 2.84. The van der Waals surface area contributed by atoms with Gasteiger partial charge >= 0.3 is 0 Å². The Bertz CT molecular complexity index is 599. The molecule has 1 aromatic carbocycles. The Kier molecular flexibility index (Phi) is 3.27. The molecule has 2 aromatic heterocycles. The molecule has 0 aliphatic carbocycles. The lowest BCUT2D eigenvalue weighted by molar-refractivity contribution is 0.564. The van der Waals surface area contributed by atoms with Crippen molar-refractivity contribution in [3.8, 4) is 0 Å². The number of hydrogen-bond donors (Lipinski definition) is 1. The van der Waals surface area contributed by atoms with Crippen molar-refractivity contribution in [3.63, 3.8) is 0 Å². The highest BCUT2D eigenvalue weighted by Crippen LogP contribution is 2.12. The van der Waals surface area contributed by atoms with Crippen molar-refractivity contribution < 1.29 is 4.42 Å². The quantitative estimate of drug-likeness (QED) is 0.760. The first-order chi connectivity index (χ1) is 9.40. The molecule has 0 radical (unpaired) electrons. The maximum atomic E-state index is 5.03. The first kappa shape index (κ1) is 11.5. The largest absolute Gasteiger partial charge is 0.472 e. The molecule has 0 aliphatic heterocycles. The normalized spacial score (nSPS) is 10.5. The Morgan fingerprint density at radius 2 is 2.00 bits per heavy atom. The summed E-state index contributed by atoms with van der Waals surface area (Å²) >= 11 is 0. The molecule has 3 rings (SSSR count). The van der Waals surface area contributed by atoms with Gasteiger partial charge in [0.15, 0.2) is 0 Å². The van der Waals surface area contributed by atoms with E-state index in [-0.39, 0.29) is 0 Å². The van der Waals surface area contributed by atoms with E-state index in [1.807, 2.05) is 6.07 Å². The second-order valence-electron chi connectivity index (χ2n) is 4.28. The summed E-state index contributed by atoms with van der Waals surface area (Å²) in [5, 5.41) is 7.42. The molecule has 0 saturated heterocycles. The zero-order valence-electron chi connectivity index (χ0n) is 10.4. The van der Waals surface area contributed by atoms with E-state index in [1.54, 1.807) is 29.9 Å². The average Bonchev–Trinajstić information content (AvgIpc) is 3.11. The highest BCUT2D eigenvalue weighted by atomic mass is 16.3. The Morgan fingerprint density at radius 3 is 2.68 bits per heavy atom. The number of furan rings is 1. The molecule has 5 nitrogen and oxygen atoms in total. The molecule has 0 fully saturated rings. The number of benzene rings is 1. The summed E-state index contributed by atoms with van der Waals surface area (Å²) in [5.74, 6) is 0. The number of anilines is 1. The van der Waals surface area contributed by atoms with Gasteiger partial charge < -0.3 is 9.73 Å². The van der Waals surface area contributed by atoms with Gasteiger partial charge in [-0.25, -0.2) is 9.67 Å². The minimum absolute atomic E-state index is 0.738. The van der Waals surface area contributed by atoms with E-state index >= 15 is 0 Å². The number of rotatable bonds is 5. The molecule has 0 aliphatic rings. The average molecular weight is 254 g/mol. The number of hydrogen-bond acceptors (Lipinski definition) is 4. The van der Waals surface area contributed by atoms with Crippen LogP contribution in [0.4, 0.5) is 5.69 Å². The molecule has 1 N–H and O–H groups in total. The zero-order valence-corrected chi connectivity index (χ0v) is 10.4. The third kappa shape index (κ3) is 3.01. The van der Waals surface area contributed by atoms with Gasteiger partial charge in [-0.2, -0.15) is 5.10 Å². The Hall–Kier alpha value is -2.56. The van der Waals surface area contributed by atoms with E-state index in [1.165, 1.54) is 5.56 Å². The lowest BCUT2D eigenvalue weighted by Crippen LogP contribution is -2.01. The van der Waals surface area contributed by atoms with E-state index in [2.05, 4.69) is 39.7 Å². The standard InChI is InChI=1S/C14H14N4O/c1-3-14(16-7-13-5-6-19-9-13)4-2-12(1)8-18-11-15-10-17-18/h1-6,9-11,16H,7-8H2. The van der Waals surface area contributed by atoms with Gasteiger partial charge in [0, 0.05) is 17.8 Å². The highest BCUT2D eigenvalue weighted by Gasteiger charge is 1.98. The number of nitrogens with zero attached hydrogens (tertiary/aromatic N) is 3. The van der Waals surface area contributed by atoms with Gasteiger partial charge in [-0.15, -0.1) is 0 Å². The van der Waals surface area contributed by atoms with Crippen LogP contribution in [0.3, 0.4) is 0 Å². The van der Waals surface area contributed by atoms with Crippen LogP contribution < -0.4 is 5.32 Å². The van der Waals surface area contributed by atoms with Crippen LogP contribution in [-0.2, 0) is 13.1 Å². The van der Waals surface area contributed by atoms with E-state index in [0.29, 0.717) is 0 Å². The van der Waals surface area contributed by atoms with Crippen molar-refractivity contribution in [2.75, 3.05) is 5.32 Å². The van der Waals surface area contributed by atoms with Crippen LogP contribution in [0.1, 0.15) is 11.1 Å². The predicted molar refractivity (Wildman–Crippen MR) is 71.6 cm³/mol. The van der Waals surface area contributed by atoms with Crippen molar-refractivity contribution in [1.82, 2.24) is 14.8 Å². The molecule has 0 saturated carbocycles. The lowest BCUT2D eigenvalue weighted by atomic mass is 10.2. The second kappa shape index (κ2) is 5.39. The molecule has 0 bridgehead atoms. The molecule has 19 heavy (non-hydrogen) atoms. The van der Waals surface area contributed by atoms with Crippen molar-refractivity contribution in [2.45, 2.75) is 13.1 Å². The van der Waals surface area contributed by atoms with Crippen LogP contribution in [0.25, 0.3) is 0 Å². The molecule has 0 spiro atoms. The maximum Gasteiger partial charge on any atom is 0.137 e. The van der Waals surface area contributed by atoms with Crippen molar-refractivity contribution in [3.05, 3.63) is 66.6 Å². The summed E-state index contributed by atoms with van der Waals surface area (Å²) in [5.41, 5.74) is 3.41. The SMILES string of the molecule is c1ncn(Cc2ccc(NCc3ccoc3)cc2)n1. The van der Waals surface area contributed by atoms with Gasteiger partial charge in [0.1, 0.15) is 12.7 Å². The smallest absolute Gasteiger partial charge is 0.137 e. The first-order valence-electron chi connectivity index (χ1n) is 6.06. The molecule has 2 heterocycles. The summed E-state index contributed by atoms with van der Waals surface area (Å²) in [6, 6.07) is 10.2. The molecule has 0 unspecified atom stereocenters. The Balaban J connectivity index is 1.59. The highest BCUT2D eigenvalue weighted by molar-refractivity contribution is 5.45. The fraction of sp³-hybridized carbons (Fsp3) is 0.143. The molecule has 5 heteroatoms. The predicted octanol–water partition coefficient (Wildman–Crippen LogP) is 2.53. The molecule has 96 valence electrons. The van der Waals surface area contributed by atoms with Crippen molar-refractivity contribution in [2.24, 2.45) is 0 Å². The first-order valence-corrected chi connectivity index (χ1v) is 6.06. The molecule has 3 aromatic rings. The van der Waals surface area contributed by atoms with E-state index in [9.17, 15) is 0 Å². The van der Waals surface area contributed by atoms with Crippen LogP contribution in [-0.4, -0.2) is 14.8 Å². The second-order valence-corrected chi connectivity index (χ2v) is 4.28. The van der Waals surface area contributed by atoms with E-state index < -0.39 is 0 Å². The molecular weight excluding hydrogens is 240 g/mol. The van der Waals surface area contributed by atoms with Crippen LogP contribution >= 0.6 is 0 Å². The minimum atomic E-state index is 0.738. The summed E-state index contributed by atoms with van der Waals surface area (Å²) in [4.78, 5) is 3.92. The Labute approximate surface area is 110 Å². The van der Waals surface area contributed by atoms with Gasteiger partial charge in [0.05, 0.1) is 19.1 Å². The third-order valence-electron chi connectivity index (χ3n) is 2.84. The van der Waals surface area contributed by atoms with Crippen molar-refractivity contribution >= 4 is 5.69 Å². The fourth-order valence-electron chi connectivity index (χ4n) is 1.83. The summed E-state index contributed by atoms with van der Waals surface area (Å²) in [6.45, 7) is 1.50.